The number of azo groups is 1. The maximum atomic E-state index is 12.8. The number of hydrogen-bond donors (Lipinski definition) is 5. The number of benzene rings is 3. The Labute approximate surface area is 228 Å². The molecule has 5 N–H and O–H groups in total. The number of aromatic hydroxyl groups is 1. The molecule has 0 bridgehead atoms. The molecule has 0 aliphatic rings. The molecule has 3 aromatic rings. The maximum absolute atomic E-state index is 12.8. The fraction of sp³-hybridized carbons (Fsp3) is 0.200. The molecule has 3 aromatic carbocycles. The van der Waals surface area contributed by atoms with E-state index in [1.807, 2.05) is 0 Å². The lowest BCUT2D eigenvalue weighted by Crippen LogP contribution is -2.15. The summed E-state index contributed by atoms with van der Waals surface area (Å²) in [5.74, 6) is -2.58. The highest BCUT2D eigenvalue weighted by atomic mass is 32.3. The van der Waals surface area contributed by atoms with E-state index >= 15 is 0 Å². The Kier molecular flexibility index (Phi) is 8.86. The number of phenols is 1. The Hall–Kier alpha value is -3.24. The topological polar surface area (TPSA) is 263 Å². The summed E-state index contributed by atoms with van der Waals surface area (Å²) in [5, 5.41) is 20.9. The molecule has 0 aliphatic carbocycles. The second-order valence-corrected chi connectivity index (χ2v) is 14.0. The van der Waals surface area contributed by atoms with Gasteiger partial charge < -0.3 is 10.4 Å². The van der Waals surface area contributed by atoms with Gasteiger partial charge in [0.2, 0.25) is 0 Å². The van der Waals surface area contributed by atoms with Crippen molar-refractivity contribution in [2.45, 2.75) is 16.7 Å². The van der Waals surface area contributed by atoms with Gasteiger partial charge in [-0.25, -0.2) is 12.6 Å². The number of hydrogen-bond acceptors (Lipinski definition) is 13. The Bertz CT molecular complexity index is 1940. The standard InChI is InChI=1S/C20H21N3O13S4/c1-12-17(39(30,31)32)10-13-6-7-15(21-11-38(27,28)29)19(18(13)20(12)24)23-22-14-4-2-3-5-16(14)37(25,26)9-8-36-40(33,34)35/h2-7,10,21,24H,8-9,11H2,1H3,(H,27,28,29)(H,30,31,32)(H,33,34,35). The van der Waals surface area contributed by atoms with Crippen LogP contribution in [0.1, 0.15) is 5.56 Å². The zero-order valence-electron chi connectivity index (χ0n) is 20.2. The van der Waals surface area contributed by atoms with E-state index in [4.69, 9.17) is 9.11 Å². The number of nitrogens with zero attached hydrogens (tertiary/aromatic N) is 2. The fourth-order valence-electron chi connectivity index (χ4n) is 3.48. The van der Waals surface area contributed by atoms with Crippen LogP contribution in [0.5, 0.6) is 5.75 Å². The Balaban J connectivity index is 2.20. The van der Waals surface area contributed by atoms with Crippen molar-refractivity contribution in [3.8, 4) is 5.75 Å². The molecule has 0 aliphatic heterocycles. The van der Waals surface area contributed by atoms with Crippen LogP contribution in [0.25, 0.3) is 10.8 Å². The second-order valence-electron chi connectivity index (χ2n) is 8.02. The molecule has 0 heterocycles. The van der Waals surface area contributed by atoms with Gasteiger partial charge in [-0.05, 0) is 36.6 Å². The van der Waals surface area contributed by atoms with Crippen LogP contribution < -0.4 is 5.32 Å². The van der Waals surface area contributed by atoms with Gasteiger partial charge in [-0.15, -0.1) is 10.2 Å². The maximum Gasteiger partial charge on any atom is 0.397 e. The summed E-state index contributed by atoms with van der Waals surface area (Å²) in [6.07, 6.45) is 0. The van der Waals surface area contributed by atoms with Gasteiger partial charge in [-0.3, -0.25) is 13.7 Å². The van der Waals surface area contributed by atoms with Crippen LogP contribution in [-0.2, 0) is 44.7 Å². The molecule has 0 amide bonds. The van der Waals surface area contributed by atoms with Crippen LogP contribution in [0, 0.1) is 6.92 Å². The predicted octanol–water partition coefficient (Wildman–Crippen LogP) is 2.37. The molecule has 0 saturated heterocycles. The highest BCUT2D eigenvalue weighted by Gasteiger charge is 2.23. The van der Waals surface area contributed by atoms with E-state index in [-0.39, 0.29) is 33.4 Å². The smallest absolute Gasteiger partial charge is 0.397 e. The van der Waals surface area contributed by atoms with E-state index in [0.29, 0.717) is 0 Å². The monoisotopic (exact) mass is 639 g/mol. The first-order chi connectivity index (χ1) is 18.3. The summed E-state index contributed by atoms with van der Waals surface area (Å²) in [7, 11) is -18.5. The minimum absolute atomic E-state index is 0.00495. The van der Waals surface area contributed by atoms with Gasteiger partial charge >= 0.3 is 10.4 Å². The number of nitrogens with one attached hydrogen (secondary N) is 1. The van der Waals surface area contributed by atoms with Crippen molar-refractivity contribution in [3.05, 3.63) is 48.0 Å². The Morgan fingerprint density at radius 3 is 2.12 bits per heavy atom. The summed E-state index contributed by atoms with van der Waals surface area (Å²) in [4.78, 5) is -1.05. The van der Waals surface area contributed by atoms with E-state index in [2.05, 4.69) is 19.7 Å². The van der Waals surface area contributed by atoms with Crippen LogP contribution in [0.15, 0.2) is 62.5 Å². The van der Waals surface area contributed by atoms with Crippen LogP contribution >= 0.6 is 0 Å². The van der Waals surface area contributed by atoms with Crippen LogP contribution in [0.3, 0.4) is 0 Å². The summed E-state index contributed by atoms with van der Waals surface area (Å²) in [5.41, 5.74) is -1.01. The molecule has 218 valence electrons. The number of anilines is 1. The second kappa shape index (κ2) is 11.3. The zero-order valence-corrected chi connectivity index (χ0v) is 23.4. The molecule has 0 spiro atoms. The van der Waals surface area contributed by atoms with E-state index in [9.17, 15) is 43.3 Å². The average Bonchev–Trinajstić information content (AvgIpc) is 2.81. The van der Waals surface area contributed by atoms with Gasteiger partial charge in [0.25, 0.3) is 20.2 Å². The van der Waals surface area contributed by atoms with Crippen LogP contribution in [0.4, 0.5) is 17.1 Å². The first kappa shape index (κ1) is 31.3. The predicted molar refractivity (Wildman–Crippen MR) is 140 cm³/mol. The van der Waals surface area contributed by atoms with Gasteiger partial charge in [-0.1, -0.05) is 18.2 Å². The molecule has 0 aromatic heterocycles. The first-order valence-electron chi connectivity index (χ1n) is 10.6. The van der Waals surface area contributed by atoms with Gasteiger partial charge in [-0.2, -0.15) is 25.3 Å². The van der Waals surface area contributed by atoms with Crippen molar-refractivity contribution < 1.29 is 56.6 Å². The lowest BCUT2D eigenvalue weighted by molar-refractivity contribution is 0.284. The molecule has 40 heavy (non-hydrogen) atoms. The average molecular weight is 640 g/mol. The minimum atomic E-state index is -4.90. The molecule has 16 nitrogen and oxygen atoms in total. The molecule has 0 radical (unpaired) electrons. The highest BCUT2D eigenvalue weighted by molar-refractivity contribution is 7.91. The zero-order chi connectivity index (χ0) is 30.1. The number of fused-ring (bicyclic) bond motifs is 1. The van der Waals surface area contributed by atoms with Crippen LogP contribution in [-0.4, -0.2) is 70.7 Å². The van der Waals surface area contributed by atoms with Gasteiger partial charge in [0.15, 0.2) is 9.84 Å². The van der Waals surface area contributed by atoms with Gasteiger partial charge in [0.05, 0.1) is 28.3 Å². The molecule has 0 atom stereocenters. The molecule has 0 unspecified atom stereocenters. The molecule has 3 rings (SSSR count). The SMILES string of the molecule is Cc1c(S(=O)(=O)O)cc2ccc(NCS(=O)(=O)O)c(N=Nc3ccccc3S(=O)(=O)CCOS(=O)(=O)O)c2c1O. The Morgan fingerprint density at radius 2 is 1.52 bits per heavy atom. The number of phenolic OH excluding ortho intramolecular Hbond substituents is 1. The summed E-state index contributed by atoms with van der Waals surface area (Å²) < 4.78 is 125. The summed E-state index contributed by atoms with van der Waals surface area (Å²) in [6.45, 7) is 0.260. The third-order valence-electron chi connectivity index (χ3n) is 5.22. The van der Waals surface area contributed by atoms with Crippen molar-refractivity contribution >= 4 is 68.3 Å². The molecular weight excluding hydrogens is 618 g/mol. The third-order valence-corrected chi connectivity index (χ3v) is 8.90. The van der Waals surface area contributed by atoms with E-state index in [1.54, 1.807) is 0 Å². The quantitative estimate of drug-likeness (QED) is 0.149. The first-order valence-corrected chi connectivity index (χ1v) is 16.7. The Morgan fingerprint density at radius 1 is 0.875 bits per heavy atom. The van der Waals surface area contributed by atoms with Crippen LogP contribution in [0.2, 0.25) is 0 Å². The van der Waals surface area contributed by atoms with Crippen molar-refractivity contribution in [2.75, 3.05) is 23.6 Å². The normalized spacial score (nSPS) is 13.2. The fourth-order valence-corrected chi connectivity index (χ4v) is 6.21. The number of rotatable bonds is 11. The summed E-state index contributed by atoms with van der Waals surface area (Å²) in [6, 6.07) is 8.54. The van der Waals surface area contributed by atoms with Crippen molar-refractivity contribution in [3.63, 3.8) is 0 Å². The largest absolute Gasteiger partial charge is 0.507 e. The van der Waals surface area contributed by atoms with Gasteiger partial charge in [0.1, 0.15) is 27.9 Å². The van der Waals surface area contributed by atoms with E-state index in [0.717, 1.165) is 12.1 Å². The lowest BCUT2D eigenvalue weighted by atomic mass is 10.0. The van der Waals surface area contributed by atoms with Gasteiger partial charge in [0, 0.05) is 5.56 Å². The van der Waals surface area contributed by atoms with Crippen molar-refractivity contribution in [2.24, 2.45) is 10.2 Å². The third kappa shape index (κ3) is 7.69. The highest BCUT2D eigenvalue weighted by Crippen LogP contribution is 2.44. The molecular formula is C20H21N3O13S4. The number of sulfone groups is 1. The van der Waals surface area contributed by atoms with Crippen molar-refractivity contribution in [1.82, 2.24) is 0 Å². The molecule has 0 saturated carbocycles. The lowest BCUT2D eigenvalue weighted by Gasteiger charge is -2.14. The van der Waals surface area contributed by atoms with Crippen molar-refractivity contribution in [1.29, 1.82) is 0 Å². The molecule has 20 heteroatoms. The molecule has 0 fully saturated rings. The van der Waals surface area contributed by atoms with E-state index < -0.39 is 74.2 Å². The van der Waals surface area contributed by atoms with E-state index in [1.165, 1.54) is 37.3 Å². The summed E-state index contributed by atoms with van der Waals surface area (Å²) >= 11 is 0. The minimum Gasteiger partial charge on any atom is -0.507 e.